The van der Waals surface area contributed by atoms with Gasteiger partial charge in [-0.1, -0.05) is 13.0 Å². The number of hydrogen-bond acceptors (Lipinski definition) is 4. The van der Waals surface area contributed by atoms with Crippen molar-refractivity contribution in [3.05, 3.63) is 41.5 Å². The maximum Gasteiger partial charge on any atom is 0.0602 e. The molecule has 0 aliphatic rings. The van der Waals surface area contributed by atoms with Gasteiger partial charge in [0.1, 0.15) is 0 Å². The summed E-state index contributed by atoms with van der Waals surface area (Å²) in [5.74, 6) is 0.933. The van der Waals surface area contributed by atoms with Gasteiger partial charge in [0.25, 0.3) is 0 Å². The van der Waals surface area contributed by atoms with E-state index in [2.05, 4.69) is 40.8 Å². The van der Waals surface area contributed by atoms with Crippen molar-refractivity contribution in [2.45, 2.75) is 23.3 Å². The maximum atomic E-state index is 4.39. The standard InChI is InChI=1S/C13H16N2S2/c1-2-6-14-11-5-7-15-12(9-11)10-17-13-4-3-8-16-13/h3-5,7-9H,2,6,10H2,1H3,(H,14,15). The highest BCUT2D eigenvalue weighted by Crippen LogP contribution is 2.26. The van der Waals surface area contributed by atoms with E-state index in [1.807, 2.05) is 24.0 Å². The lowest BCUT2D eigenvalue weighted by molar-refractivity contribution is 0.977. The predicted octanol–water partition coefficient (Wildman–Crippen LogP) is 4.26. The predicted molar refractivity (Wildman–Crippen MR) is 76.9 cm³/mol. The van der Waals surface area contributed by atoms with Gasteiger partial charge in [-0.05, 0) is 30.0 Å². The Kier molecular flexibility index (Phi) is 4.88. The van der Waals surface area contributed by atoms with Gasteiger partial charge in [0.05, 0.1) is 9.90 Å². The average Bonchev–Trinajstić information content (AvgIpc) is 2.87. The van der Waals surface area contributed by atoms with E-state index in [1.54, 1.807) is 11.3 Å². The second-order valence-electron chi connectivity index (χ2n) is 3.68. The minimum Gasteiger partial charge on any atom is -0.385 e. The molecule has 2 nitrogen and oxygen atoms in total. The molecule has 4 heteroatoms. The molecule has 0 aliphatic carbocycles. The topological polar surface area (TPSA) is 24.9 Å². The molecule has 90 valence electrons. The average molecular weight is 264 g/mol. The number of pyridine rings is 1. The van der Waals surface area contributed by atoms with Crippen molar-refractivity contribution in [1.82, 2.24) is 4.98 Å². The number of aromatic nitrogens is 1. The van der Waals surface area contributed by atoms with E-state index < -0.39 is 0 Å². The van der Waals surface area contributed by atoms with Crippen molar-refractivity contribution in [1.29, 1.82) is 0 Å². The van der Waals surface area contributed by atoms with Gasteiger partial charge in [-0.3, -0.25) is 4.98 Å². The van der Waals surface area contributed by atoms with Crippen molar-refractivity contribution in [2.75, 3.05) is 11.9 Å². The Balaban J connectivity index is 1.91. The summed E-state index contributed by atoms with van der Waals surface area (Å²) in [6.45, 7) is 3.18. The van der Waals surface area contributed by atoms with Crippen LogP contribution in [-0.2, 0) is 5.75 Å². The third kappa shape index (κ3) is 4.06. The molecule has 0 saturated heterocycles. The molecular weight excluding hydrogens is 248 g/mol. The molecule has 1 N–H and O–H groups in total. The lowest BCUT2D eigenvalue weighted by atomic mass is 10.3. The van der Waals surface area contributed by atoms with Crippen LogP contribution in [0, 0.1) is 0 Å². The lowest BCUT2D eigenvalue weighted by Gasteiger charge is -2.06. The first-order valence-electron chi connectivity index (χ1n) is 5.73. The summed E-state index contributed by atoms with van der Waals surface area (Å²) in [6.07, 6.45) is 3.02. The van der Waals surface area contributed by atoms with Crippen LogP contribution in [0.15, 0.2) is 40.1 Å². The van der Waals surface area contributed by atoms with Crippen molar-refractivity contribution in [3.8, 4) is 0 Å². The van der Waals surface area contributed by atoms with Crippen LogP contribution in [-0.4, -0.2) is 11.5 Å². The molecule has 0 fully saturated rings. The zero-order valence-corrected chi connectivity index (χ0v) is 11.5. The lowest BCUT2D eigenvalue weighted by Crippen LogP contribution is -2.00. The van der Waals surface area contributed by atoms with Gasteiger partial charge in [-0.2, -0.15) is 0 Å². The highest BCUT2D eigenvalue weighted by atomic mass is 32.2. The van der Waals surface area contributed by atoms with Gasteiger partial charge in [0.2, 0.25) is 0 Å². The summed E-state index contributed by atoms with van der Waals surface area (Å²) in [6, 6.07) is 8.39. The Bertz CT molecular complexity index is 440. The van der Waals surface area contributed by atoms with Crippen LogP contribution >= 0.6 is 23.1 Å². The molecule has 2 rings (SSSR count). The van der Waals surface area contributed by atoms with E-state index in [-0.39, 0.29) is 0 Å². The first kappa shape index (κ1) is 12.5. The molecule has 0 atom stereocenters. The van der Waals surface area contributed by atoms with Crippen LogP contribution in [0.1, 0.15) is 19.0 Å². The highest BCUT2D eigenvalue weighted by Gasteiger charge is 1.99. The van der Waals surface area contributed by atoms with E-state index in [9.17, 15) is 0 Å². The quantitative estimate of drug-likeness (QED) is 0.789. The fourth-order valence-electron chi connectivity index (χ4n) is 1.43. The smallest absolute Gasteiger partial charge is 0.0602 e. The summed E-state index contributed by atoms with van der Waals surface area (Å²) in [5.41, 5.74) is 2.30. The number of anilines is 1. The molecule has 0 spiro atoms. The molecule has 0 radical (unpaired) electrons. The van der Waals surface area contributed by atoms with Crippen molar-refractivity contribution < 1.29 is 0 Å². The third-order valence-corrected chi connectivity index (χ3v) is 4.42. The van der Waals surface area contributed by atoms with Crippen LogP contribution in [0.25, 0.3) is 0 Å². The van der Waals surface area contributed by atoms with Gasteiger partial charge in [-0.25, -0.2) is 0 Å². The van der Waals surface area contributed by atoms with Gasteiger partial charge in [0, 0.05) is 24.2 Å². The molecule has 0 aromatic carbocycles. The second kappa shape index (κ2) is 6.67. The molecule has 0 bridgehead atoms. The van der Waals surface area contributed by atoms with Crippen LogP contribution in [0.2, 0.25) is 0 Å². The van der Waals surface area contributed by atoms with Crippen molar-refractivity contribution in [2.24, 2.45) is 0 Å². The Morgan fingerprint density at radius 3 is 3.12 bits per heavy atom. The number of rotatable bonds is 6. The molecule has 0 unspecified atom stereocenters. The van der Waals surface area contributed by atoms with E-state index in [0.717, 1.165) is 24.4 Å². The summed E-state index contributed by atoms with van der Waals surface area (Å²) in [5, 5.41) is 5.49. The summed E-state index contributed by atoms with van der Waals surface area (Å²) < 4.78 is 1.35. The van der Waals surface area contributed by atoms with Crippen molar-refractivity contribution in [3.63, 3.8) is 0 Å². The molecule has 0 aliphatic heterocycles. The summed E-state index contributed by atoms with van der Waals surface area (Å²) in [4.78, 5) is 4.39. The fourth-order valence-corrected chi connectivity index (χ4v) is 3.11. The SMILES string of the molecule is CCCNc1ccnc(CSc2cccs2)c1. The number of thiophene rings is 1. The Labute approximate surface area is 110 Å². The zero-order valence-electron chi connectivity index (χ0n) is 9.85. The van der Waals surface area contributed by atoms with Crippen LogP contribution in [0.4, 0.5) is 5.69 Å². The minimum atomic E-state index is 0.933. The van der Waals surface area contributed by atoms with Crippen LogP contribution in [0.5, 0.6) is 0 Å². The van der Waals surface area contributed by atoms with Crippen molar-refractivity contribution >= 4 is 28.8 Å². The van der Waals surface area contributed by atoms with Crippen LogP contribution in [0.3, 0.4) is 0 Å². The van der Waals surface area contributed by atoms with E-state index >= 15 is 0 Å². The Morgan fingerprint density at radius 1 is 1.41 bits per heavy atom. The highest BCUT2D eigenvalue weighted by molar-refractivity contribution is 8.00. The molecule has 2 aromatic heterocycles. The Hall–Kier alpha value is -1.00. The number of nitrogens with one attached hydrogen (secondary N) is 1. The molecule has 0 amide bonds. The van der Waals surface area contributed by atoms with Gasteiger partial charge < -0.3 is 5.32 Å². The summed E-state index contributed by atoms with van der Waals surface area (Å²) in [7, 11) is 0. The number of nitrogens with zero attached hydrogens (tertiary/aromatic N) is 1. The van der Waals surface area contributed by atoms with Gasteiger partial charge >= 0.3 is 0 Å². The molecule has 2 aromatic rings. The van der Waals surface area contributed by atoms with E-state index in [0.29, 0.717) is 0 Å². The summed E-state index contributed by atoms with van der Waals surface area (Å²) >= 11 is 3.62. The monoisotopic (exact) mass is 264 g/mol. The largest absolute Gasteiger partial charge is 0.385 e. The molecular formula is C13H16N2S2. The third-order valence-electron chi connectivity index (χ3n) is 2.25. The molecule has 2 heterocycles. The Morgan fingerprint density at radius 2 is 2.35 bits per heavy atom. The zero-order chi connectivity index (χ0) is 11.9. The minimum absolute atomic E-state index is 0.933. The van der Waals surface area contributed by atoms with Gasteiger partial charge in [-0.15, -0.1) is 23.1 Å². The number of thioether (sulfide) groups is 1. The first-order valence-corrected chi connectivity index (χ1v) is 7.60. The maximum absolute atomic E-state index is 4.39. The van der Waals surface area contributed by atoms with E-state index in [4.69, 9.17) is 0 Å². The van der Waals surface area contributed by atoms with Crippen LogP contribution < -0.4 is 5.32 Å². The fraction of sp³-hybridized carbons (Fsp3) is 0.308. The second-order valence-corrected chi connectivity index (χ2v) is 5.91. The molecule has 17 heavy (non-hydrogen) atoms. The van der Waals surface area contributed by atoms with Gasteiger partial charge in [0.15, 0.2) is 0 Å². The normalized spacial score (nSPS) is 10.4. The van der Waals surface area contributed by atoms with E-state index in [1.165, 1.54) is 9.90 Å². The molecule has 0 saturated carbocycles. The number of hydrogen-bond donors (Lipinski definition) is 1. The first-order chi connectivity index (χ1) is 8.38.